The van der Waals surface area contributed by atoms with Crippen LogP contribution in [0.2, 0.25) is 0 Å². The van der Waals surface area contributed by atoms with Crippen LogP contribution in [-0.4, -0.2) is 11.8 Å². The zero-order valence-electron chi connectivity index (χ0n) is 11.1. The van der Waals surface area contributed by atoms with Crippen molar-refractivity contribution in [3.8, 4) is 0 Å². The van der Waals surface area contributed by atoms with Gasteiger partial charge in [-0.15, -0.1) is 0 Å². The summed E-state index contributed by atoms with van der Waals surface area (Å²) in [5.74, 6) is 0. The van der Waals surface area contributed by atoms with Crippen molar-refractivity contribution in [2.75, 3.05) is 0 Å². The highest BCUT2D eigenvalue weighted by atomic mass is 19.4. The van der Waals surface area contributed by atoms with E-state index in [4.69, 9.17) is 0 Å². The standard InChI is InChI=1S/C12H11F3N2.C2H6/c1-8-11(17-7-6-16-8)9-2-4-10(5-3-9)12(13,14)15;1-2/h2-8,16H,1H3;1-2H3. The molecule has 1 aromatic carbocycles. The quantitative estimate of drug-likeness (QED) is 0.820. The zero-order chi connectivity index (χ0) is 14.5. The number of rotatable bonds is 1. The summed E-state index contributed by atoms with van der Waals surface area (Å²) in [6.45, 7) is 5.90. The van der Waals surface area contributed by atoms with E-state index in [9.17, 15) is 13.2 Å². The van der Waals surface area contributed by atoms with Crippen molar-refractivity contribution >= 4 is 5.71 Å². The average molecular weight is 270 g/mol. The molecule has 1 heterocycles. The molecule has 1 aromatic rings. The Balaban J connectivity index is 0.000000861. The first-order valence-corrected chi connectivity index (χ1v) is 6.15. The molecule has 0 fully saturated rings. The molecule has 0 radical (unpaired) electrons. The Morgan fingerprint density at radius 2 is 1.68 bits per heavy atom. The summed E-state index contributed by atoms with van der Waals surface area (Å²) in [5.41, 5.74) is 0.789. The molecule has 0 saturated carbocycles. The highest BCUT2D eigenvalue weighted by Gasteiger charge is 2.30. The van der Waals surface area contributed by atoms with E-state index < -0.39 is 11.7 Å². The molecule has 1 unspecified atom stereocenters. The molecule has 0 spiro atoms. The Morgan fingerprint density at radius 3 is 2.16 bits per heavy atom. The van der Waals surface area contributed by atoms with E-state index in [1.807, 2.05) is 20.8 Å². The molecule has 104 valence electrons. The van der Waals surface area contributed by atoms with Gasteiger partial charge in [-0.05, 0) is 24.6 Å². The molecule has 0 bridgehead atoms. The fraction of sp³-hybridized carbons (Fsp3) is 0.357. The number of benzene rings is 1. The highest BCUT2D eigenvalue weighted by molar-refractivity contribution is 6.05. The molecule has 1 aliphatic rings. The van der Waals surface area contributed by atoms with E-state index in [-0.39, 0.29) is 6.04 Å². The third kappa shape index (κ3) is 3.84. The lowest BCUT2D eigenvalue weighted by atomic mass is 10.0. The molecule has 0 aliphatic carbocycles. The first-order chi connectivity index (χ1) is 8.98. The van der Waals surface area contributed by atoms with Gasteiger partial charge in [0.1, 0.15) is 0 Å². The third-order valence-electron chi connectivity index (χ3n) is 2.55. The number of hydrogen-bond acceptors (Lipinski definition) is 2. The van der Waals surface area contributed by atoms with E-state index in [1.165, 1.54) is 12.1 Å². The van der Waals surface area contributed by atoms with Gasteiger partial charge in [-0.1, -0.05) is 26.0 Å². The van der Waals surface area contributed by atoms with Crippen LogP contribution in [0.1, 0.15) is 31.9 Å². The maximum Gasteiger partial charge on any atom is 0.416 e. The molecule has 1 N–H and O–H groups in total. The SMILES string of the molecule is CC.CC1NC=CN=C1c1ccc(C(F)(F)F)cc1. The van der Waals surface area contributed by atoms with Gasteiger partial charge in [-0.2, -0.15) is 13.2 Å². The topological polar surface area (TPSA) is 24.4 Å². The van der Waals surface area contributed by atoms with Gasteiger partial charge < -0.3 is 5.32 Å². The summed E-state index contributed by atoms with van der Waals surface area (Å²) in [7, 11) is 0. The molecular weight excluding hydrogens is 253 g/mol. The third-order valence-corrected chi connectivity index (χ3v) is 2.55. The van der Waals surface area contributed by atoms with Crippen LogP contribution in [0.4, 0.5) is 13.2 Å². The summed E-state index contributed by atoms with van der Waals surface area (Å²) >= 11 is 0. The second kappa shape index (κ2) is 6.41. The van der Waals surface area contributed by atoms with E-state index in [0.717, 1.165) is 17.8 Å². The molecule has 19 heavy (non-hydrogen) atoms. The second-order valence-electron chi connectivity index (χ2n) is 3.79. The van der Waals surface area contributed by atoms with Crippen molar-refractivity contribution < 1.29 is 13.2 Å². The van der Waals surface area contributed by atoms with Gasteiger partial charge in [0, 0.05) is 12.4 Å². The van der Waals surface area contributed by atoms with Gasteiger partial charge >= 0.3 is 6.18 Å². The molecular formula is C14H17F3N2. The molecule has 5 heteroatoms. The van der Waals surface area contributed by atoms with E-state index in [0.29, 0.717) is 5.56 Å². The van der Waals surface area contributed by atoms with Crippen molar-refractivity contribution in [3.05, 3.63) is 47.8 Å². The van der Waals surface area contributed by atoms with Crippen LogP contribution in [0.5, 0.6) is 0 Å². The molecule has 0 saturated heterocycles. The minimum absolute atomic E-state index is 0.00302. The number of nitrogens with zero attached hydrogens (tertiary/aromatic N) is 1. The van der Waals surface area contributed by atoms with Gasteiger partial charge in [0.05, 0.1) is 17.3 Å². The van der Waals surface area contributed by atoms with Crippen LogP contribution in [-0.2, 0) is 6.18 Å². The Hall–Kier alpha value is -1.78. The number of aliphatic imine (C=N–C) groups is 1. The second-order valence-corrected chi connectivity index (χ2v) is 3.79. The average Bonchev–Trinajstić information content (AvgIpc) is 2.41. The molecule has 1 aliphatic heterocycles. The predicted molar refractivity (Wildman–Crippen MR) is 71.1 cm³/mol. The first kappa shape index (κ1) is 15.3. The summed E-state index contributed by atoms with van der Waals surface area (Å²) in [6, 6.07) is 5.03. The van der Waals surface area contributed by atoms with Gasteiger partial charge in [0.25, 0.3) is 0 Å². The molecule has 2 nitrogen and oxygen atoms in total. The summed E-state index contributed by atoms with van der Waals surface area (Å²) < 4.78 is 37.2. The van der Waals surface area contributed by atoms with Gasteiger partial charge in [0.2, 0.25) is 0 Å². The van der Waals surface area contributed by atoms with Crippen LogP contribution in [0.15, 0.2) is 41.7 Å². The van der Waals surface area contributed by atoms with Crippen molar-refractivity contribution in [2.24, 2.45) is 4.99 Å². The van der Waals surface area contributed by atoms with Gasteiger partial charge in [-0.3, -0.25) is 4.99 Å². The van der Waals surface area contributed by atoms with Crippen LogP contribution >= 0.6 is 0 Å². The number of halogens is 3. The van der Waals surface area contributed by atoms with Crippen molar-refractivity contribution in [1.82, 2.24) is 5.32 Å². The Kier molecular flexibility index (Phi) is 5.15. The normalized spacial score (nSPS) is 18.0. The molecule has 0 aromatic heterocycles. The number of alkyl halides is 3. The molecule has 2 rings (SSSR count). The Labute approximate surface area is 111 Å². The summed E-state index contributed by atoms with van der Waals surface area (Å²) in [4.78, 5) is 4.16. The van der Waals surface area contributed by atoms with Crippen LogP contribution < -0.4 is 5.32 Å². The maximum absolute atomic E-state index is 12.4. The lowest BCUT2D eigenvalue weighted by Gasteiger charge is -2.18. The van der Waals surface area contributed by atoms with Crippen LogP contribution in [0.3, 0.4) is 0 Å². The minimum atomic E-state index is -4.29. The lowest BCUT2D eigenvalue weighted by molar-refractivity contribution is -0.137. The Bertz CT molecular complexity index is 459. The molecule has 0 amide bonds. The first-order valence-electron chi connectivity index (χ1n) is 6.15. The van der Waals surface area contributed by atoms with E-state index in [2.05, 4.69) is 10.3 Å². The smallest absolute Gasteiger partial charge is 0.382 e. The van der Waals surface area contributed by atoms with E-state index >= 15 is 0 Å². The molecule has 1 atom stereocenters. The van der Waals surface area contributed by atoms with Crippen molar-refractivity contribution in [3.63, 3.8) is 0 Å². The van der Waals surface area contributed by atoms with E-state index in [1.54, 1.807) is 12.4 Å². The summed E-state index contributed by atoms with van der Waals surface area (Å²) in [5, 5.41) is 3.04. The largest absolute Gasteiger partial charge is 0.416 e. The highest BCUT2D eigenvalue weighted by Crippen LogP contribution is 2.29. The van der Waals surface area contributed by atoms with Crippen LogP contribution in [0, 0.1) is 0 Å². The number of hydrogen-bond donors (Lipinski definition) is 1. The summed E-state index contributed by atoms with van der Waals surface area (Å²) in [6.07, 6.45) is -0.998. The van der Waals surface area contributed by atoms with Crippen molar-refractivity contribution in [2.45, 2.75) is 33.0 Å². The van der Waals surface area contributed by atoms with Crippen molar-refractivity contribution in [1.29, 1.82) is 0 Å². The predicted octanol–water partition coefficient (Wildman–Crippen LogP) is 3.98. The van der Waals surface area contributed by atoms with Gasteiger partial charge in [0.15, 0.2) is 0 Å². The van der Waals surface area contributed by atoms with Crippen LogP contribution in [0.25, 0.3) is 0 Å². The lowest BCUT2D eigenvalue weighted by Crippen LogP contribution is -2.32. The van der Waals surface area contributed by atoms with Gasteiger partial charge in [-0.25, -0.2) is 0 Å². The zero-order valence-corrected chi connectivity index (χ0v) is 11.1. The monoisotopic (exact) mass is 270 g/mol. The minimum Gasteiger partial charge on any atom is -0.382 e. The maximum atomic E-state index is 12.4. The fourth-order valence-corrected chi connectivity index (χ4v) is 1.65. The Morgan fingerprint density at radius 1 is 1.11 bits per heavy atom. The number of nitrogens with one attached hydrogen (secondary N) is 1. The fourth-order valence-electron chi connectivity index (χ4n) is 1.65.